The maximum absolute atomic E-state index is 13.3. The molecule has 7 nitrogen and oxygen atoms in total. The van der Waals surface area contributed by atoms with Crippen molar-refractivity contribution in [1.82, 2.24) is 4.41 Å². The van der Waals surface area contributed by atoms with E-state index in [1.807, 2.05) is 17.5 Å². The molecule has 2 aromatic carbocycles. The lowest BCUT2D eigenvalue weighted by molar-refractivity contribution is 0.375. The number of halogens is 1. The monoisotopic (exact) mass is 493 g/mol. The Labute approximate surface area is 190 Å². The smallest absolute Gasteiger partial charge is 0.279 e. The van der Waals surface area contributed by atoms with Gasteiger partial charge in [-0.15, -0.1) is 11.3 Å². The fourth-order valence-corrected chi connectivity index (χ4v) is 6.24. The zero-order valence-corrected chi connectivity index (χ0v) is 19.4. The molecule has 32 heavy (non-hydrogen) atoms. The molecule has 1 aliphatic heterocycles. The Balaban J connectivity index is 1.74. The SMILES string of the molecule is CCS(=O)(=O)Nc1cccc(C2=NN(S(=O)(=O)c3ccc(F)cc3)[C@@H](c3cccs3)C2)c1. The van der Waals surface area contributed by atoms with Crippen LogP contribution in [-0.2, 0) is 20.0 Å². The van der Waals surface area contributed by atoms with E-state index in [2.05, 4.69) is 9.82 Å². The fraction of sp³-hybridized carbons (Fsp3) is 0.190. The lowest BCUT2D eigenvalue weighted by Crippen LogP contribution is -2.26. The maximum atomic E-state index is 13.3. The number of rotatable bonds is 7. The Hall–Kier alpha value is -2.76. The predicted molar refractivity (Wildman–Crippen MR) is 123 cm³/mol. The quantitative estimate of drug-likeness (QED) is 0.534. The minimum Gasteiger partial charge on any atom is -0.284 e. The summed E-state index contributed by atoms with van der Waals surface area (Å²) in [6.45, 7) is 1.54. The number of thiophene rings is 1. The third-order valence-electron chi connectivity index (χ3n) is 4.95. The van der Waals surface area contributed by atoms with Gasteiger partial charge in [-0.1, -0.05) is 18.2 Å². The number of anilines is 1. The molecular weight excluding hydrogens is 473 g/mol. The molecular formula is C21H20FN3O4S3. The molecule has 1 N–H and O–H groups in total. The zero-order valence-electron chi connectivity index (χ0n) is 17.0. The number of benzene rings is 2. The minimum atomic E-state index is -4.04. The van der Waals surface area contributed by atoms with Crippen LogP contribution in [0.4, 0.5) is 10.1 Å². The Morgan fingerprint density at radius 2 is 1.84 bits per heavy atom. The first-order chi connectivity index (χ1) is 15.2. The minimum absolute atomic E-state index is 0.0603. The van der Waals surface area contributed by atoms with Crippen molar-refractivity contribution in [1.29, 1.82) is 0 Å². The summed E-state index contributed by atoms with van der Waals surface area (Å²) < 4.78 is 67.4. The van der Waals surface area contributed by atoms with Gasteiger partial charge in [0.2, 0.25) is 10.0 Å². The second-order valence-electron chi connectivity index (χ2n) is 7.10. The van der Waals surface area contributed by atoms with Crippen LogP contribution in [0, 0.1) is 5.82 Å². The molecule has 11 heteroatoms. The van der Waals surface area contributed by atoms with Crippen LogP contribution in [0.3, 0.4) is 0 Å². The summed E-state index contributed by atoms with van der Waals surface area (Å²) in [6.07, 6.45) is 0.310. The van der Waals surface area contributed by atoms with Gasteiger partial charge in [0.05, 0.1) is 16.4 Å². The lowest BCUT2D eigenvalue weighted by Gasteiger charge is -2.22. The van der Waals surface area contributed by atoms with Crippen LogP contribution in [0.5, 0.6) is 0 Å². The van der Waals surface area contributed by atoms with Gasteiger partial charge in [0, 0.05) is 17.0 Å². The Morgan fingerprint density at radius 1 is 1.09 bits per heavy atom. The molecule has 0 fully saturated rings. The standard InChI is InChI=1S/C21H20FN3O4S3/c1-2-31(26,27)24-17-6-3-5-15(13-17)19-14-20(21-7-4-12-30-21)25(23-19)32(28,29)18-10-8-16(22)9-11-18/h3-13,20,24H,2,14H2,1H3/t20-/m1/s1. The van der Waals surface area contributed by atoms with Crippen LogP contribution in [-0.4, -0.2) is 32.7 Å². The van der Waals surface area contributed by atoms with Gasteiger partial charge < -0.3 is 0 Å². The highest BCUT2D eigenvalue weighted by atomic mass is 32.2. The van der Waals surface area contributed by atoms with Gasteiger partial charge in [0.15, 0.2) is 0 Å². The molecule has 1 aromatic heterocycles. The molecule has 0 saturated heterocycles. The molecule has 4 rings (SSSR count). The van der Waals surface area contributed by atoms with Gasteiger partial charge in [0.1, 0.15) is 11.9 Å². The summed E-state index contributed by atoms with van der Waals surface area (Å²) in [4.78, 5) is 0.757. The second kappa shape index (κ2) is 8.64. The molecule has 0 amide bonds. The van der Waals surface area contributed by atoms with Crippen LogP contribution in [0.15, 0.2) is 76.0 Å². The molecule has 1 atom stereocenters. The summed E-state index contributed by atoms with van der Waals surface area (Å²) in [7, 11) is -7.50. The Bertz CT molecular complexity index is 1350. The van der Waals surface area contributed by atoms with Crippen LogP contribution in [0.1, 0.15) is 29.8 Å². The van der Waals surface area contributed by atoms with Gasteiger partial charge in [-0.3, -0.25) is 4.72 Å². The lowest BCUT2D eigenvalue weighted by atomic mass is 10.0. The van der Waals surface area contributed by atoms with Gasteiger partial charge in [-0.25, -0.2) is 12.8 Å². The molecule has 3 aromatic rings. The summed E-state index contributed by atoms with van der Waals surface area (Å²) in [5, 5.41) is 6.28. The first-order valence-corrected chi connectivity index (χ1v) is 13.7. The van der Waals surface area contributed by atoms with Crippen molar-refractivity contribution >= 4 is 42.8 Å². The van der Waals surface area contributed by atoms with Crippen molar-refractivity contribution in [2.24, 2.45) is 5.10 Å². The molecule has 0 spiro atoms. The molecule has 1 aliphatic rings. The summed E-state index contributed by atoms with van der Waals surface area (Å²) >= 11 is 1.42. The fourth-order valence-electron chi connectivity index (χ4n) is 3.31. The first kappa shape index (κ1) is 22.4. The molecule has 168 valence electrons. The Morgan fingerprint density at radius 3 is 2.50 bits per heavy atom. The average Bonchev–Trinajstić information content (AvgIpc) is 3.44. The van der Waals surface area contributed by atoms with E-state index >= 15 is 0 Å². The second-order valence-corrected chi connectivity index (χ2v) is 11.9. The topological polar surface area (TPSA) is 95.9 Å². The van der Waals surface area contributed by atoms with Gasteiger partial charge >= 0.3 is 0 Å². The number of hydrogen-bond acceptors (Lipinski definition) is 6. The number of nitrogens with one attached hydrogen (secondary N) is 1. The first-order valence-electron chi connectivity index (χ1n) is 9.71. The van der Waals surface area contributed by atoms with Crippen LogP contribution >= 0.6 is 11.3 Å². The van der Waals surface area contributed by atoms with E-state index in [9.17, 15) is 21.2 Å². The van der Waals surface area contributed by atoms with E-state index in [1.54, 1.807) is 24.3 Å². The third kappa shape index (κ3) is 4.54. The molecule has 0 saturated carbocycles. The number of sulfonamides is 2. The van der Waals surface area contributed by atoms with Crippen molar-refractivity contribution in [2.75, 3.05) is 10.5 Å². The highest BCUT2D eigenvalue weighted by Gasteiger charge is 2.38. The number of hydrazone groups is 1. The van der Waals surface area contributed by atoms with Crippen molar-refractivity contribution < 1.29 is 21.2 Å². The summed E-state index contributed by atoms with van der Waals surface area (Å²) in [6, 6.07) is 14.4. The summed E-state index contributed by atoms with van der Waals surface area (Å²) in [5.41, 5.74) is 1.49. The van der Waals surface area contributed by atoms with Crippen molar-refractivity contribution in [3.8, 4) is 0 Å². The number of hydrogen-bond donors (Lipinski definition) is 1. The van der Waals surface area contributed by atoms with E-state index in [0.29, 0.717) is 23.4 Å². The predicted octanol–water partition coefficient (Wildman–Crippen LogP) is 4.19. The molecule has 0 unspecified atom stereocenters. The van der Waals surface area contributed by atoms with E-state index in [0.717, 1.165) is 21.4 Å². The maximum Gasteiger partial charge on any atom is 0.279 e. The average molecular weight is 494 g/mol. The van der Waals surface area contributed by atoms with Crippen molar-refractivity contribution in [3.63, 3.8) is 0 Å². The van der Waals surface area contributed by atoms with E-state index in [-0.39, 0.29) is 10.6 Å². The van der Waals surface area contributed by atoms with Gasteiger partial charge in [0.25, 0.3) is 10.0 Å². The van der Waals surface area contributed by atoms with Crippen molar-refractivity contribution in [2.45, 2.75) is 24.3 Å². The van der Waals surface area contributed by atoms with E-state index < -0.39 is 31.9 Å². The highest BCUT2D eigenvalue weighted by molar-refractivity contribution is 7.92. The van der Waals surface area contributed by atoms with Crippen molar-refractivity contribution in [3.05, 3.63) is 82.3 Å². The molecule has 0 aliphatic carbocycles. The molecule has 0 bridgehead atoms. The largest absolute Gasteiger partial charge is 0.284 e. The van der Waals surface area contributed by atoms with Crippen LogP contribution in [0.2, 0.25) is 0 Å². The summed E-state index contributed by atoms with van der Waals surface area (Å²) in [5.74, 6) is -0.599. The normalized spacial score (nSPS) is 16.8. The molecule has 2 heterocycles. The van der Waals surface area contributed by atoms with Gasteiger partial charge in [-0.05, 0) is 60.3 Å². The Kier molecular flexibility index (Phi) is 6.06. The highest BCUT2D eigenvalue weighted by Crippen LogP contribution is 2.39. The van der Waals surface area contributed by atoms with E-state index in [4.69, 9.17) is 0 Å². The van der Waals surface area contributed by atoms with Crippen LogP contribution in [0.25, 0.3) is 0 Å². The van der Waals surface area contributed by atoms with E-state index in [1.165, 1.54) is 30.4 Å². The third-order valence-corrected chi connectivity index (χ3v) is 8.93. The zero-order chi connectivity index (χ0) is 22.9. The van der Waals surface area contributed by atoms with Gasteiger partial charge in [-0.2, -0.15) is 17.9 Å². The number of nitrogens with zero attached hydrogens (tertiary/aromatic N) is 2. The van der Waals surface area contributed by atoms with Crippen LogP contribution < -0.4 is 4.72 Å². The molecule has 0 radical (unpaired) electrons.